The van der Waals surface area contributed by atoms with E-state index in [-0.39, 0.29) is 11.9 Å². The molecule has 2 aromatic heterocycles. The van der Waals surface area contributed by atoms with Crippen LogP contribution < -0.4 is 10.6 Å². The molecule has 158 valence electrons. The third-order valence-corrected chi connectivity index (χ3v) is 6.20. The third kappa shape index (κ3) is 4.76. The Hall–Kier alpha value is -3.23. The maximum absolute atomic E-state index is 12.9. The van der Waals surface area contributed by atoms with Crippen LogP contribution >= 0.6 is 23.6 Å². The maximum atomic E-state index is 12.9. The molecule has 0 aliphatic rings. The highest BCUT2D eigenvalue weighted by atomic mass is 32.1. The van der Waals surface area contributed by atoms with Crippen LogP contribution in [0.3, 0.4) is 0 Å². The molecule has 2 heterocycles. The van der Waals surface area contributed by atoms with Crippen LogP contribution in [-0.4, -0.2) is 20.7 Å². The molecule has 0 bridgehead atoms. The summed E-state index contributed by atoms with van der Waals surface area (Å²) in [7, 11) is 0. The van der Waals surface area contributed by atoms with Gasteiger partial charge in [0.25, 0.3) is 0 Å². The summed E-state index contributed by atoms with van der Waals surface area (Å²) < 4.78 is 2.16. The Bertz CT molecular complexity index is 1200. The molecule has 3 N–H and O–H groups in total. The Balaban J connectivity index is 1.44. The van der Waals surface area contributed by atoms with Crippen molar-refractivity contribution in [1.82, 2.24) is 14.8 Å². The summed E-state index contributed by atoms with van der Waals surface area (Å²) in [5, 5.41) is 15.5. The van der Waals surface area contributed by atoms with E-state index in [1.165, 1.54) is 5.56 Å². The summed E-state index contributed by atoms with van der Waals surface area (Å²) in [5.41, 5.74) is 2.92. The number of anilines is 2. The van der Waals surface area contributed by atoms with E-state index in [0.717, 1.165) is 16.3 Å². The first kappa shape index (κ1) is 21.0. The number of carbonyl (C=O) groups excluding carboxylic acids is 1. The first-order valence-electron chi connectivity index (χ1n) is 9.96. The van der Waals surface area contributed by atoms with Crippen LogP contribution in [0.5, 0.6) is 0 Å². The van der Waals surface area contributed by atoms with Gasteiger partial charge in [-0.15, -0.1) is 11.3 Å². The molecule has 4 aromatic rings. The number of H-pyrrole nitrogens is 1. The fourth-order valence-corrected chi connectivity index (χ4v) is 4.33. The highest BCUT2D eigenvalue weighted by Gasteiger charge is 2.21. The van der Waals surface area contributed by atoms with Gasteiger partial charge in [0.1, 0.15) is 6.04 Å². The minimum Gasteiger partial charge on any atom is -0.379 e. The van der Waals surface area contributed by atoms with Crippen LogP contribution in [0, 0.1) is 4.77 Å². The SMILES string of the molecule is CC(Nc1ccc(NC(=O)C(C)n2c(-c3cccs3)n[nH]c2=S)cc1)c1ccccc1. The van der Waals surface area contributed by atoms with Crippen molar-refractivity contribution >= 4 is 40.8 Å². The van der Waals surface area contributed by atoms with Crippen LogP contribution in [0.2, 0.25) is 0 Å². The average Bonchev–Trinajstić information content (AvgIpc) is 3.45. The van der Waals surface area contributed by atoms with Gasteiger partial charge in [-0.2, -0.15) is 5.10 Å². The van der Waals surface area contributed by atoms with Gasteiger partial charge in [-0.05, 0) is 67.3 Å². The zero-order chi connectivity index (χ0) is 21.8. The van der Waals surface area contributed by atoms with Gasteiger partial charge in [0.15, 0.2) is 10.6 Å². The molecule has 0 aliphatic heterocycles. The molecule has 0 spiro atoms. The molecular formula is C23H23N5OS2. The van der Waals surface area contributed by atoms with Gasteiger partial charge in [0.2, 0.25) is 5.91 Å². The van der Waals surface area contributed by atoms with Crippen molar-refractivity contribution in [1.29, 1.82) is 0 Å². The van der Waals surface area contributed by atoms with Crippen LogP contribution in [-0.2, 0) is 4.79 Å². The van der Waals surface area contributed by atoms with Crippen molar-refractivity contribution < 1.29 is 4.79 Å². The molecule has 4 rings (SSSR count). The summed E-state index contributed by atoms with van der Waals surface area (Å²) in [6.07, 6.45) is 0. The van der Waals surface area contributed by atoms with Crippen molar-refractivity contribution in [3.63, 3.8) is 0 Å². The van der Waals surface area contributed by atoms with E-state index in [0.29, 0.717) is 10.6 Å². The third-order valence-electron chi connectivity index (χ3n) is 5.05. The quantitative estimate of drug-likeness (QED) is 0.301. The van der Waals surface area contributed by atoms with Crippen molar-refractivity contribution in [3.05, 3.63) is 82.4 Å². The summed E-state index contributed by atoms with van der Waals surface area (Å²) in [6.45, 7) is 3.93. The van der Waals surface area contributed by atoms with E-state index >= 15 is 0 Å². The molecule has 6 nitrogen and oxygen atoms in total. The molecule has 0 fully saturated rings. The lowest BCUT2D eigenvalue weighted by Gasteiger charge is -2.17. The summed E-state index contributed by atoms with van der Waals surface area (Å²) in [4.78, 5) is 13.9. The van der Waals surface area contributed by atoms with E-state index in [9.17, 15) is 4.79 Å². The Labute approximate surface area is 190 Å². The van der Waals surface area contributed by atoms with Crippen LogP contribution in [0.1, 0.15) is 31.5 Å². The minimum atomic E-state index is -0.515. The summed E-state index contributed by atoms with van der Waals surface area (Å²) in [6, 6.07) is 21.5. The smallest absolute Gasteiger partial charge is 0.247 e. The molecule has 2 aromatic carbocycles. The van der Waals surface area contributed by atoms with Crippen molar-refractivity contribution in [2.75, 3.05) is 10.6 Å². The molecule has 8 heteroatoms. The lowest BCUT2D eigenvalue weighted by atomic mass is 10.1. The number of aromatic nitrogens is 3. The van der Waals surface area contributed by atoms with Gasteiger partial charge >= 0.3 is 0 Å². The van der Waals surface area contributed by atoms with E-state index in [1.807, 2.05) is 66.9 Å². The molecule has 0 aliphatic carbocycles. The standard InChI is InChI=1S/C23H23N5OS2/c1-15(17-7-4-3-5-8-17)24-18-10-12-19(13-11-18)25-22(29)16(2)28-21(26-27-23(28)30)20-9-6-14-31-20/h3-16,24H,1-2H3,(H,25,29)(H,27,30). The molecule has 0 saturated carbocycles. The molecule has 2 atom stereocenters. The first-order valence-corrected chi connectivity index (χ1v) is 11.2. The van der Waals surface area contributed by atoms with Gasteiger partial charge in [0, 0.05) is 17.4 Å². The lowest BCUT2D eigenvalue weighted by molar-refractivity contribution is -0.118. The van der Waals surface area contributed by atoms with Gasteiger partial charge < -0.3 is 10.6 Å². The van der Waals surface area contributed by atoms with E-state index < -0.39 is 6.04 Å². The highest BCUT2D eigenvalue weighted by Crippen LogP contribution is 2.26. The van der Waals surface area contributed by atoms with Crippen molar-refractivity contribution in [2.24, 2.45) is 0 Å². The number of rotatable bonds is 7. The van der Waals surface area contributed by atoms with Gasteiger partial charge in [-0.25, -0.2) is 0 Å². The number of hydrogen-bond donors (Lipinski definition) is 3. The van der Waals surface area contributed by atoms with Crippen molar-refractivity contribution in [2.45, 2.75) is 25.9 Å². The summed E-state index contributed by atoms with van der Waals surface area (Å²) in [5.74, 6) is 0.505. The predicted molar refractivity (Wildman–Crippen MR) is 129 cm³/mol. The van der Waals surface area contributed by atoms with Crippen molar-refractivity contribution in [3.8, 4) is 10.7 Å². The van der Waals surface area contributed by atoms with Gasteiger partial charge in [-0.1, -0.05) is 36.4 Å². The number of thiophene rings is 1. The van der Waals surface area contributed by atoms with E-state index in [2.05, 4.69) is 39.9 Å². The normalized spacial score (nSPS) is 12.8. The first-order chi connectivity index (χ1) is 15.0. The number of amides is 1. The topological polar surface area (TPSA) is 74.7 Å². The number of carbonyl (C=O) groups is 1. The Kier molecular flexibility index (Phi) is 6.29. The molecular weight excluding hydrogens is 426 g/mol. The van der Waals surface area contributed by atoms with Crippen LogP contribution in [0.25, 0.3) is 10.7 Å². The van der Waals surface area contributed by atoms with Gasteiger partial charge in [-0.3, -0.25) is 14.5 Å². The fourth-order valence-electron chi connectivity index (χ4n) is 3.33. The molecule has 31 heavy (non-hydrogen) atoms. The average molecular weight is 450 g/mol. The predicted octanol–water partition coefficient (Wildman–Crippen LogP) is 6.04. The molecule has 0 saturated heterocycles. The molecule has 0 radical (unpaired) electrons. The Morgan fingerprint density at radius 2 is 1.74 bits per heavy atom. The molecule has 1 amide bonds. The largest absolute Gasteiger partial charge is 0.379 e. The number of nitrogens with zero attached hydrogens (tertiary/aromatic N) is 2. The Morgan fingerprint density at radius 3 is 2.42 bits per heavy atom. The lowest BCUT2D eigenvalue weighted by Crippen LogP contribution is -2.24. The maximum Gasteiger partial charge on any atom is 0.247 e. The number of aromatic amines is 1. The van der Waals surface area contributed by atoms with E-state index in [4.69, 9.17) is 12.2 Å². The van der Waals surface area contributed by atoms with Crippen LogP contribution in [0.15, 0.2) is 72.1 Å². The highest BCUT2D eigenvalue weighted by molar-refractivity contribution is 7.71. The Morgan fingerprint density at radius 1 is 1.03 bits per heavy atom. The number of nitrogens with one attached hydrogen (secondary N) is 3. The second kappa shape index (κ2) is 9.28. The number of hydrogen-bond acceptors (Lipinski definition) is 5. The fraction of sp³-hybridized carbons (Fsp3) is 0.174. The zero-order valence-corrected chi connectivity index (χ0v) is 18.8. The summed E-state index contributed by atoms with van der Waals surface area (Å²) >= 11 is 6.92. The van der Waals surface area contributed by atoms with E-state index in [1.54, 1.807) is 15.9 Å². The number of benzene rings is 2. The zero-order valence-electron chi connectivity index (χ0n) is 17.2. The second-order valence-electron chi connectivity index (χ2n) is 7.22. The molecule has 2 unspecified atom stereocenters. The van der Waals surface area contributed by atoms with Gasteiger partial charge in [0.05, 0.1) is 4.88 Å². The minimum absolute atomic E-state index is 0.159. The second-order valence-corrected chi connectivity index (χ2v) is 8.55. The van der Waals surface area contributed by atoms with Crippen LogP contribution in [0.4, 0.5) is 11.4 Å². The monoisotopic (exact) mass is 449 g/mol.